The van der Waals surface area contributed by atoms with Gasteiger partial charge in [-0.3, -0.25) is 4.79 Å². The molecule has 5 heteroatoms. The molecule has 3 rings (SSSR count). The Hall–Kier alpha value is -1.00. The van der Waals surface area contributed by atoms with Crippen LogP contribution in [0.15, 0.2) is 12.1 Å². The van der Waals surface area contributed by atoms with E-state index in [0.29, 0.717) is 5.41 Å². The summed E-state index contributed by atoms with van der Waals surface area (Å²) in [4.78, 5) is 14.7. The van der Waals surface area contributed by atoms with Crippen molar-refractivity contribution in [1.29, 1.82) is 0 Å². The summed E-state index contributed by atoms with van der Waals surface area (Å²) in [5.74, 6) is 0.200. The average Bonchev–Trinajstić information content (AvgIpc) is 2.96. The summed E-state index contributed by atoms with van der Waals surface area (Å²) in [5.41, 5.74) is 2.35. The second-order valence-corrected chi connectivity index (χ2v) is 6.15. The van der Waals surface area contributed by atoms with Crippen molar-refractivity contribution in [2.24, 2.45) is 12.5 Å². The topological polar surface area (TPSA) is 37.3 Å². The summed E-state index contributed by atoms with van der Waals surface area (Å²) in [6.45, 7) is 6.10. The Morgan fingerprint density at radius 1 is 1.25 bits per heavy atom. The maximum atomic E-state index is 12.6. The zero-order valence-electron chi connectivity index (χ0n) is 12.3. The molecule has 0 aliphatic carbocycles. The highest BCUT2D eigenvalue weighted by molar-refractivity contribution is 5.93. The largest absolute Gasteiger partial charge is 0.344 e. The summed E-state index contributed by atoms with van der Waals surface area (Å²) < 4.78 is 2.00. The number of hydrogen-bond acceptors (Lipinski definition) is 2. The number of aryl methyl sites for hydroxylation is 1. The van der Waals surface area contributed by atoms with Crippen molar-refractivity contribution in [3.63, 3.8) is 0 Å². The molecule has 0 bridgehead atoms. The van der Waals surface area contributed by atoms with Gasteiger partial charge < -0.3 is 14.8 Å². The second kappa shape index (κ2) is 5.78. The van der Waals surface area contributed by atoms with E-state index in [1.54, 1.807) is 0 Å². The molecule has 2 aliphatic heterocycles. The summed E-state index contributed by atoms with van der Waals surface area (Å²) in [5, 5.41) is 3.42. The van der Waals surface area contributed by atoms with E-state index in [1.807, 2.05) is 30.7 Å². The molecule has 1 aromatic heterocycles. The van der Waals surface area contributed by atoms with Gasteiger partial charge in [0.05, 0.1) is 0 Å². The van der Waals surface area contributed by atoms with E-state index < -0.39 is 0 Å². The Bertz CT molecular complexity index is 491. The van der Waals surface area contributed by atoms with Crippen LogP contribution in [0.25, 0.3) is 0 Å². The highest BCUT2D eigenvalue weighted by atomic mass is 35.5. The molecule has 1 spiro atoms. The second-order valence-electron chi connectivity index (χ2n) is 6.15. The van der Waals surface area contributed by atoms with Crippen LogP contribution < -0.4 is 5.32 Å². The number of nitrogens with zero attached hydrogens (tertiary/aromatic N) is 2. The number of nitrogens with one attached hydrogen (secondary N) is 1. The molecule has 1 N–H and O–H groups in total. The first-order valence-electron chi connectivity index (χ1n) is 7.24. The molecule has 1 aromatic rings. The van der Waals surface area contributed by atoms with E-state index in [0.717, 1.165) is 37.6 Å². The summed E-state index contributed by atoms with van der Waals surface area (Å²) in [7, 11) is 1.97. The maximum absolute atomic E-state index is 12.6. The van der Waals surface area contributed by atoms with E-state index in [1.165, 1.54) is 19.3 Å². The summed E-state index contributed by atoms with van der Waals surface area (Å²) in [6, 6.07) is 3.97. The van der Waals surface area contributed by atoms with Gasteiger partial charge in [-0.1, -0.05) is 0 Å². The highest BCUT2D eigenvalue weighted by Gasteiger charge is 2.40. The minimum Gasteiger partial charge on any atom is -0.344 e. The fourth-order valence-electron chi connectivity index (χ4n) is 3.46. The Morgan fingerprint density at radius 2 is 1.95 bits per heavy atom. The normalized spacial score (nSPS) is 21.0. The molecular weight excluding hydrogens is 274 g/mol. The first kappa shape index (κ1) is 15.4. The van der Waals surface area contributed by atoms with E-state index in [-0.39, 0.29) is 18.3 Å². The van der Waals surface area contributed by atoms with Crippen LogP contribution in [0.2, 0.25) is 0 Å². The first-order valence-corrected chi connectivity index (χ1v) is 7.24. The lowest BCUT2D eigenvalue weighted by Gasteiger charge is -2.33. The first-order chi connectivity index (χ1) is 9.11. The van der Waals surface area contributed by atoms with E-state index >= 15 is 0 Å². The third-order valence-corrected chi connectivity index (χ3v) is 4.98. The highest BCUT2D eigenvalue weighted by Crippen LogP contribution is 2.39. The predicted octanol–water partition coefficient (Wildman–Crippen LogP) is 1.97. The Balaban J connectivity index is 0.00000147. The van der Waals surface area contributed by atoms with E-state index in [4.69, 9.17) is 0 Å². The van der Waals surface area contributed by atoms with Crippen molar-refractivity contribution in [3.05, 3.63) is 23.5 Å². The third kappa shape index (κ3) is 2.59. The van der Waals surface area contributed by atoms with Crippen molar-refractivity contribution in [2.45, 2.75) is 26.2 Å². The van der Waals surface area contributed by atoms with E-state index in [9.17, 15) is 4.79 Å². The van der Waals surface area contributed by atoms with Gasteiger partial charge in [-0.15, -0.1) is 12.4 Å². The van der Waals surface area contributed by atoms with Gasteiger partial charge in [-0.2, -0.15) is 0 Å². The van der Waals surface area contributed by atoms with Crippen molar-refractivity contribution < 1.29 is 4.79 Å². The van der Waals surface area contributed by atoms with Gasteiger partial charge in [0.25, 0.3) is 5.91 Å². The van der Waals surface area contributed by atoms with Gasteiger partial charge in [-0.25, -0.2) is 0 Å². The van der Waals surface area contributed by atoms with Crippen molar-refractivity contribution in [2.75, 3.05) is 26.2 Å². The predicted molar refractivity (Wildman–Crippen MR) is 82.5 cm³/mol. The molecule has 112 valence electrons. The molecule has 2 fully saturated rings. The van der Waals surface area contributed by atoms with Crippen LogP contribution in [0.3, 0.4) is 0 Å². The van der Waals surface area contributed by atoms with Gasteiger partial charge >= 0.3 is 0 Å². The van der Waals surface area contributed by atoms with Gasteiger partial charge in [0.1, 0.15) is 5.69 Å². The smallest absolute Gasteiger partial charge is 0.270 e. The van der Waals surface area contributed by atoms with Crippen molar-refractivity contribution >= 4 is 18.3 Å². The molecule has 4 nitrogen and oxygen atoms in total. The monoisotopic (exact) mass is 297 g/mol. The standard InChI is InChI=1S/C15H23N3O.ClH/c1-12-3-4-13(17(12)2)14(19)18-10-7-15(11-18)5-8-16-9-6-15;/h3-4,16H,5-11H2,1-2H3;1H. The van der Waals surface area contributed by atoms with Gasteiger partial charge in [0.15, 0.2) is 0 Å². The Labute approximate surface area is 126 Å². The van der Waals surface area contributed by atoms with Crippen molar-refractivity contribution in [1.82, 2.24) is 14.8 Å². The van der Waals surface area contributed by atoms with Crippen LogP contribution in [0.4, 0.5) is 0 Å². The van der Waals surface area contributed by atoms with Crippen LogP contribution in [0, 0.1) is 12.3 Å². The molecule has 0 atom stereocenters. The molecule has 1 amide bonds. The lowest BCUT2D eigenvalue weighted by atomic mass is 9.78. The molecule has 0 saturated carbocycles. The zero-order valence-corrected chi connectivity index (χ0v) is 13.1. The number of halogens is 1. The fraction of sp³-hybridized carbons (Fsp3) is 0.667. The SMILES string of the molecule is Cc1ccc(C(=O)N2CCC3(CCNCC3)C2)n1C.Cl. The number of likely N-dealkylation sites (tertiary alicyclic amines) is 1. The molecule has 3 heterocycles. The zero-order chi connectivity index (χ0) is 13.5. The van der Waals surface area contributed by atoms with Crippen LogP contribution >= 0.6 is 12.4 Å². The maximum Gasteiger partial charge on any atom is 0.270 e. The third-order valence-electron chi connectivity index (χ3n) is 4.98. The molecule has 2 saturated heterocycles. The fourth-order valence-corrected chi connectivity index (χ4v) is 3.46. The molecule has 0 aromatic carbocycles. The minimum absolute atomic E-state index is 0. The van der Waals surface area contributed by atoms with Crippen LogP contribution in [0.5, 0.6) is 0 Å². The number of piperidine rings is 1. The number of hydrogen-bond donors (Lipinski definition) is 1. The average molecular weight is 298 g/mol. The van der Waals surface area contributed by atoms with Crippen LogP contribution in [-0.4, -0.2) is 41.6 Å². The van der Waals surface area contributed by atoms with Crippen LogP contribution in [0.1, 0.15) is 35.4 Å². The van der Waals surface area contributed by atoms with Crippen LogP contribution in [-0.2, 0) is 7.05 Å². The number of carbonyl (C=O) groups excluding carboxylic acids is 1. The van der Waals surface area contributed by atoms with Gasteiger partial charge in [0, 0.05) is 25.8 Å². The van der Waals surface area contributed by atoms with E-state index in [2.05, 4.69) is 10.2 Å². The Kier molecular flexibility index (Phi) is 4.45. The minimum atomic E-state index is 0. The number of aromatic nitrogens is 1. The number of carbonyl (C=O) groups is 1. The molecule has 0 radical (unpaired) electrons. The van der Waals surface area contributed by atoms with Gasteiger partial charge in [-0.05, 0) is 56.8 Å². The summed E-state index contributed by atoms with van der Waals surface area (Å²) in [6.07, 6.45) is 3.59. The molecular formula is C15H24ClN3O. The Morgan fingerprint density at radius 3 is 2.55 bits per heavy atom. The van der Waals surface area contributed by atoms with Gasteiger partial charge in [0.2, 0.25) is 0 Å². The quantitative estimate of drug-likeness (QED) is 0.860. The summed E-state index contributed by atoms with van der Waals surface area (Å²) >= 11 is 0. The lowest BCUT2D eigenvalue weighted by Crippen LogP contribution is -2.40. The molecule has 20 heavy (non-hydrogen) atoms. The number of amides is 1. The lowest BCUT2D eigenvalue weighted by molar-refractivity contribution is 0.0752. The molecule has 2 aliphatic rings. The van der Waals surface area contributed by atoms with Crippen molar-refractivity contribution in [3.8, 4) is 0 Å². The molecule has 0 unspecified atom stereocenters. The number of rotatable bonds is 1.